The number of aromatic amines is 1. The van der Waals surface area contributed by atoms with Gasteiger partial charge >= 0.3 is 0 Å². The van der Waals surface area contributed by atoms with Gasteiger partial charge in [-0.25, -0.2) is 9.07 Å². The second-order valence-electron chi connectivity index (χ2n) is 7.91. The SMILES string of the molecule is O=c1[nH]c2c(cc1CNc1ccc3c(c1)OCO3)c(-c1ccc(F)cc1)nn2-c1ccccc1. The van der Waals surface area contributed by atoms with Crippen LogP contribution in [0, 0.1) is 5.82 Å². The second kappa shape index (κ2) is 8.08. The maximum atomic E-state index is 13.5. The maximum Gasteiger partial charge on any atom is 0.254 e. The molecule has 34 heavy (non-hydrogen) atoms. The summed E-state index contributed by atoms with van der Waals surface area (Å²) >= 11 is 0. The van der Waals surface area contributed by atoms with E-state index in [0.29, 0.717) is 34.9 Å². The van der Waals surface area contributed by atoms with Crippen LogP contribution >= 0.6 is 0 Å². The van der Waals surface area contributed by atoms with Crippen molar-refractivity contribution in [1.29, 1.82) is 0 Å². The van der Waals surface area contributed by atoms with Crippen molar-refractivity contribution >= 4 is 16.7 Å². The number of pyridine rings is 1. The Hall–Kier alpha value is -4.59. The van der Waals surface area contributed by atoms with Crippen molar-refractivity contribution < 1.29 is 13.9 Å². The molecule has 1 aliphatic rings. The lowest BCUT2D eigenvalue weighted by Gasteiger charge is -2.08. The van der Waals surface area contributed by atoms with Gasteiger partial charge in [-0.3, -0.25) is 4.79 Å². The van der Waals surface area contributed by atoms with Gasteiger partial charge in [0.05, 0.1) is 5.69 Å². The number of fused-ring (bicyclic) bond motifs is 2. The third-order valence-corrected chi connectivity index (χ3v) is 5.74. The third kappa shape index (κ3) is 3.55. The molecule has 0 amide bonds. The number of para-hydroxylation sites is 1. The van der Waals surface area contributed by atoms with Crippen molar-refractivity contribution in [3.8, 4) is 28.4 Å². The molecular formula is C26H19FN4O3. The van der Waals surface area contributed by atoms with Gasteiger partial charge in [0.15, 0.2) is 11.5 Å². The normalized spacial score (nSPS) is 12.3. The van der Waals surface area contributed by atoms with Crippen LogP contribution in [-0.4, -0.2) is 21.6 Å². The van der Waals surface area contributed by atoms with Gasteiger partial charge in [0.25, 0.3) is 5.56 Å². The summed E-state index contributed by atoms with van der Waals surface area (Å²) in [4.78, 5) is 16.0. The first kappa shape index (κ1) is 20.0. The van der Waals surface area contributed by atoms with Gasteiger partial charge in [-0.05, 0) is 54.6 Å². The number of rotatable bonds is 5. The molecular weight excluding hydrogens is 435 g/mol. The molecule has 0 bridgehead atoms. The average molecular weight is 454 g/mol. The lowest BCUT2D eigenvalue weighted by Crippen LogP contribution is -2.16. The minimum Gasteiger partial charge on any atom is -0.454 e. The number of benzene rings is 3. The Balaban J connectivity index is 1.43. The fourth-order valence-corrected chi connectivity index (χ4v) is 4.03. The van der Waals surface area contributed by atoms with Gasteiger partial charge in [0, 0.05) is 34.8 Å². The Kier molecular flexibility index (Phi) is 4.76. The number of nitrogens with one attached hydrogen (secondary N) is 2. The van der Waals surface area contributed by atoms with Crippen molar-refractivity contribution in [3.05, 3.63) is 101 Å². The molecule has 0 spiro atoms. The molecule has 0 aliphatic carbocycles. The van der Waals surface area contributed by atoms with E-state index in [1.807, 2.05) is 54.6 Å². The molecule has 0 fully saturated rings. The van der Waals surface area contributed by atoms with Gasteiger partial charge in [-0.15, -0.1) is 0 Å². The number of nitrogens with zero attached hydrogens (tertiary/aromatic N) is 2. The summed E-state index contributed by atoms with van der Waals surface area (Å²) in [5.74, 6) is 1.04. The molecule has 0 radical (unpaired) electrons. The van der Waals surface area contributed by atoms with E-state index in [1.165, 1.54) is 12.1 Å². The van der Waals surface area contributed by atoms with Crippen molar-refractivity contribution in [2.75, 3.05) is 12.1 Å². The Bertz CT molecular complexity index is 1560. The summed E-state index contributed by atoms with van der Waals surface area (Å²) in [6, 6.07) is 23.1. The number of anilines is 1. The number of aromatic nitrogens is 3. The van der Waals surface area contributed by atoms with Crippen LogP contribution in [0.15, 0.2) is 83.7 Å². The minimum atomic E-state index is -0.322. The van der Waals surface area contributed by atoms with Crippen LogP contribution in [0.2, 0.25) is 0 Å². The van der Waals surface area contributed by atoms with E-state index in [9.17, 15) is 9.18 Å². The number of hydrogen-bond acceptors (Lipinski definition) is 5. The Morgan fingerprint density at radius 1 is 0.971 bits per heavy atom. The van der Waals surface area contributed by atoms with Crippen LogP contribution in [-0.2, 0) is 6.54 Å². The average Bonchev–Trinajstić information content (AvgIpc) is 3.48. The zero-order valence-corrected chi connectivity index (χ0v) is 17.9. The predicted octanol–water partition coefficient (Wildman–Crippen LogP) is 4.86. The molecule has 0 unspecified atom stereocenters. The van der Waals surface area contributed by atoms with E-state index in [-0.39, 0.29) is 18.2 Å². The molecule has 1 aliphatic heterocycles. The molecule has 0 atom stereocenters. The first-order valence-electron chi connectivity index (χ1n) is 10.8. The molecule has 8 heteroatoms. The molecule has 7 nitrogen and oxygen atoms in total. The first-order chi connectivity index (χ1) is 16.7. The summed E-state index contributed by atoms with van der Waals surface area (Å²) in [7, 11) is 0. The summed E-state index contributed by atoms with van der Waals surface area (Å²) in [6.07, 6.45) is 0. The van der Waals surface area contributed by atoms with Gasteiger partial charge in [-0.2, -0.15) is 5.10 Å². The zero-order chi connectivity index (χ0) is 23.1. The molecule has 2 N–H and O–H groups in total. The fraction of sp³-hybridized carbons (Fsp3) is 0.0769. The number of halogens is 1. The first-order valence-corrected chi connectivity index (χ1v) is 10.8. The molecule has 0 saturated carbocycles. The zero-order valence-electron chi connectivity index (χ0n) is 17.9. The second-order valence-corrected chi connectivity index (χ2v) is 7.91. The van der Waals surface area contributed by atoms with Crippen LogP contribution in [0.5, 0.6) is 11.5 Å². The van der Waals surface area contributed by atoms with Crippen molar-refractivity contribution in [3.63, 3.8) is 0 Å². The highest BCUT2D eigenvalue weighted by Gasteiger charge is 2.17. The molecule has 168 valence electrons. The highest BCUT2D eigenvalue weighted by molar-refractivity contribution is 5.92. The van der Waals surface area contributed by atoms with Gasteiger partial charge in [-0.1, -0.05) is 18.2 Å². The van der Waals surface area contributed by atoms with Crippen LogP contribution in [0.1, 0.15) is 5.56 Å². The summed E-state index contributed by atoms with van der Waals surface area (Å²) in [5, 5.41) is 8.80. The number of ether oxygens (including phenoxy) is 2. The number of hydrogen-bond donors (Lipinski definition) is 2. The van der Waals surface area contributed by atoms with Crippen LogP contribution in [0.3, 0.4) is 0 Å². The van der Waals surface area contributed by atoms with E-state index in [4.69, 9.17) is 14.6 Å². The Labute approximate surface area is 193 Å². The minimum absolute atomic E-state index is 0.201. The van der Waals surface area contributed by atoms with Crippen molar-refractivity contribution in [1.82, 2.24) is 14.8 Å². The van der Waals surface area contributed by atoms with E-state index < -0.39 is 0 Å². The summed E-state index contributed by atoms with van der Waals surface area (Å²) in [5.41, 5.74) is 3.92. The van der Waals surface area contributed by atoms with Crippen LogP contribution < -0.4 is 20.3 Å². The predicted molar refractivity (Wildman–Crippen MR) is 127 cm³/mol. The lowest BCUT2D eigenvalue weighted by molar-refractivity contribution is 0.174. The highest BCUT2D eigenvalue weighted by Crippen LogP contribution is 2.34. The van der Waals surface area contributed by atoms with Crippen LogP contribution in [0.25, 0.3) is 28.0 Å². The molecule has 2 aromatic heterocycles. The molecule has 3 aromatic carbocycles. The van der Waals surface area contributed by atoms with E-state index >= 15 is 0 Å². The standard InChI is InChI=1S/C26H19FN4O3/c27-18-8-6-16(7-9-18)24-21-12-17(14-28-19-10-11-22-23(13-19)34-15-33-22)26(32)29-25(21)31(30-24)20-4-2-1-3-5-20/h1-13,28H,14-15H2,(H,29,32). The fourth-order valence-electron chi connectivity index (χ4n) is 4.03. The van der Waals surface area contributed by atoms with Crippen molar-refractivity contribution in [2.45, 2.75) is 6.54 Å². The Morgan fingerprint density at radius 2 is 1.76 bits per heavy atom. The van der Waals surface area contributed by atoms with Crippen molar-refractivity contribution in [2.24, 2.45) is 0 Å². The topological polar surface area (TPSA) is 81.2 Å². The highest BCUT2D eigenvalue weighted by atomic mass is 19.1. The van der Waals surface area contributed by atoms with Crippen LogP contribution in [0.4, 0.5) is 10.1 Å². The van der Waals surface area contributed by atoms with Gasteiger partial charge in [0.2, 0.25) is 6.79 Å². The summed E-state index contributed by atoms with van der Waals surface area (Å²) in [6.45, 7) is 0.497. The molecule has 5 aromatic rings. The van der Waals surface area contributed by atoms with E-state index in [0.717, 1.165) is 22.3 Å². The number of H-pyrrole nitrogens is 1. The van der Waals surface area contributed by atoms with Gasteiger partial charge < -0.3 is 19.8 Å². The monoisotopic (exact) mass is 454 g/mol. The quantitative estimate of drug-likeness (QED) is 0.396. The lowest BCUT2D eigenvalue weighted by atomic mass is 10.1. The third-order valence-electron chi connectivity index (χ3n) is 5.74. The van der Waals surface area contributed by atoms with Gasteiger partial charge in [0.1, 0.15) is 17.2 Å². The van der Waals surface area contributed by atoms with E-state index in [1.54, 1.807) is 16.8 Å². The maximum absolute atomic E-state index is 13.5. The largest absolute Gasteiger partial charge is 0.454 e. The molecule has 3 heterocycles. The molecule has 0 saturated heterocycles. The summed E-state index contributed by atoms with van der Waals surface area (Å²) < 4.78 is 26.0. The smallest absolute Gasteiger partial charge is 0.254 e. The van der Waals surface area contributed by atoms with E-state index in [2.05, 4.69) is 10.3 Å². The molecule has 6 rings (SSSR count). The Morgan fingerprint density at radius 3 is 2.59 bits per heavy atom.